The summed E-state index contributed by atoms with van der Waals surface area (Å²) in [6, 6.07) is 8.46. The normalized spacial score (nSPS) is 12.4. The van der Waals surface area contributed by atoms with Gasteiger partial charge in [-0.3, -0.25) is 0 Å². The first kappa shape index (κ1) is 15.6. The van der Waals surface area contributed by atoms with Gasteiger partial charge in [-0.2, -0.15) is 8.42 Å². The summed E-state index contributed by atoms with van der Waals surface area (Å²) in [7, 11) is -0.0782. The topological polar surface area (TPSA) is 37.4 Å². The fraction of sp³-hybridized carbons (Fsp3) is 0.286. The minimum atomic E-state index is -3.57. The number of nitrogens with zero attached hydrogens (tertiary/aromatic N) is 2. The maximum atomic E-state index is 12.9. The Balaban J connectivity index is 3.46. The van der Waals surface area contributed by atoms with E-state index in [4.69, 9.17) is 0 Å². The first-order chi connectivity index (χ1) is 8.92. The van der Waals surface area contributed by atoms with Crippen molar-refractivity contribution in [2.24, 2.45) is 0 Å². The molecule has 0 atom stereocenters. The van der Waals surface area contributed by atoms with E-state index in [1.54, 1.807) is 61.6 Å². The Morgan fingerprint density at radius 2 is 1.58 bits per heavy atom. The molecule has 0 bridgehead atoms. The molecular formula is C14H21N2O2S+. The van der Waals surface area contributed by atoms with Crippen molar-refractivity contribution in [3.63, 3.8) is 0 Å². The van der Waals surface area contributed by atoms with Crippen LogP contribution in [0.1, 0.15) is 0 Å². The molecule has 1 aromatic carbocycles. The van der Waals surface area contributed by atoms with Crippen LogP contribution in [0.4, 0.5) is 0 Å². The Bertz CT molecular complexity index is 526. The Labute approximate surface area is 115 Å². The summed E-state index contributed by atoms with van der Waals surface area (Å²) in [4.78, 5) is 0.299. The molecule has 0 aliphatic carbocycles. The van der Waals surface area contributed by atoms with Gasteiger partial charge in [-0.25, -0.2) is 0 Å². The quantitative estimate of drug-likeness (QED) is 0.436. The molecule has 0 saturated carbocycles. The molecule has 1 aromatic rings. The van der Waals surface area contributed by atoms with Crippen LogP contribution in [0.3, 0.4) is 0 Å². The van der Waals surface area contributed by atoms with E-state index < -0.39 is 10.0 Å². The van der Waals surface area contributed by atoms with Crippen LogP contribution in [0, 0.1) is 0 Å². The predicted molar refractivity (Wildman–Crippen MR) is 77.7 cm³/mol. The summed E-state index contributed by atoms with van der Waals surface area (Å²) in [6.07, 6.45) is 3.23. The van der Waals surface area contributed by atoms with E-state index in [1.165, 1.54) is 0 Å². The van der Waals surface area contributed by atoms with Crippen LogP contribution in [0.2, 0.25) is 0 Å². The highest BCUT2D eigenvalue weighted by Gasteiger charge is 2.44. The molecule has 1 rings (SSSR count). The van der Waals surface area contributed by atoms with E-state index in [0.29, 0.717) is 4.90 Å². The Morgan fingerprint density at radius 3 is 1.95 bits per heavy atom. The van der Waals surface area contributed by atoms with Crippen LogP contribution < -0.4 is 0 Å². The molecule has 0 aliphatic heterocycles. The Morgan fingerprint density at radius 1 is 1.11 bits per heavy atom. The predicted octanol–water partition coefficient (Wildman–Crippen LogP) is 2.04. The van der Waals surface area contributed by atoms with Gasteiger partial charge in [-0.15, -0.1) is 9.01 Å². The zero-order chi connectivity index (χ0) is 14.5. The molecule has 5 heteroatoms. The molecule has 104 valence electrons. The minimum absolute atomic E-state index is 0.246. The monoisotopic (exact) mass is 281 g/mol. The second kappa shape index (κ2) is 6.14. The van der Waals surface area contributed by atoms with Crippen LogP contribution in [0.15, 0.2) is 60.5 Å². The average Bonchev–Trinajstić information content (AvgIpc) is 2.39. The van der Waals surface area contributed by atoms with Crippen molar-refractivity contribution in [3.05, 3.63) is 55.6 Å². The van der Waals surface area contributed by atoms with Gasteiger partial charge in [0.25, 0.3) is 0 Å². The number of quaternary nitrogens is 1. The summed E-state index contributed by atoms with van der Waals surface area (Å²) >= 11 is 0. The third-order valence-electron chi connectivity index (χ3n) is 3.05. The average molecular weight is 281 g/mol. The van der Waals surface area contributed by atoms with E-state index in [9.17, 15) is 8.42 Å². The molecule has 0 saturated heterocycles. The van der Waals surface area contributed by atoms with Crippen molar-refractivity contribution in [3.8, 4) is 0 Å². The van der Waals surface area contributed by atoms with Gasteiger partial charge in [-0.05, 0) is 24.3 Å². The summed E-state index contributed by atoms with van der Waals surface area (Å²) in [5.41, 5.74) is 0. The fourth-order valence-electron chi connectivity index (χ4n) is 2.00. The summed E-state index contributed by atoms with van der Waals surface area (Å²) in [5, 5.41) is 1.67. The first-order valence-electron chi connectivity index (χ1n) is 5.99. The lowest BCUT2D eigenvalue weighted by molar-refractivity contribution is -0.910. The van der Waals surface area contributed by atoms with Gasteiger partial charge in [0, 0.05) is 14.1 Å². The van der Waals surface area contributed by atoms with Crippen LogP contribution in [0.25, 0.3) is 0 Å². The highest BCUT2D eigenvalue weighted by molar-refractivity contribution is 7.85. The second-order valence-corrected chi connectivity index (χ2v) is 6.53. The lowest BCUT2D eigenvalue weighted by Gasteiger charge is -2.39. The fourth-order valence-corrected chi connectivity index (χ4v) is 3.93. The summed E-state index contributed by atoms with van der Waals surface area (Å²) in [6.45, 7) is 7.93. The van der Waals surface area contributed by atoms with Gasteiger partial charge in [0.05, 0.1) is 0 Å². The van der Waals surface area contributed by atoms with E-state index in [0.717, 1.165) is 0 Å². The van der Waals surface area contributed by atoms with Gasteiger partial charge in [0.2, 0.25) is 0 Å². The molecule has 19 heavy (non-hydrogen) atoms. The zero-order valence-electron chi connectivity index (χ0n) is 11.5. The molecule has 0 heterocycles. The molecular weight excluding hydrogens is 260 g/mol. The third-order valence-corrected chi connectivity index (χ3v) is 5.43. The molecule has 0 aromatic heterocycles. The second-order valence-electron chi connectivity index (χ2n) is 4.42. The van der Waals surface area contributed by atoms with E-state index in [2.05, 4.69) is 13.2 Å². The van der Waals surface area contributed by atoms with Gasteiger partial charge < -0.3 is 0 Å². The lowest BCUT2D eigenvalue weighted by atomic mass is 10.4. The minimum Gasteiger partial charge on any atom is -0.167 e. The molecule has 0 radical (unpaired) electrons. The Kier molecular flexibility index (Phi) is 5.05. The van der Waals surface area contributed by atoms with Crippen LogP contribution in [0.5, 0.6) is 0 Å². The number of benzene rings is 1. The van der Waals surface area contributed by atoms with Gasteiger partial charge in [0.15, 0.2) is 0 Å². The van der Waals surface area contributed by atoms with E-state index in [-0.39, 0.29) is 17.1 Å². The number of hydrogen-bond donors (Lipinski definition) is 0. The van der Waals surface area contributed by atoms with E-state index >= 15 is 0 Å². The number of sulfonamides is 1. The molecule has 0 aliphatic rings. The smallest absolute Gasteiger partial charge is 0.167 e. The van der Waals surface area contributed by atoms with Crippen LogP contribution >= 0.6 is 0 Å². The number of hydrogen-bond acceptors (Lipinski definition) is 3. The van der Waals surface area contributed by atoms with Crippen LogP contribution in [-0.4, -0.2) is 44.6 Å². The lowest BCUT2D eigenvalue weighted by Crippen LogP contribution is -2.60. The highest BCUT2D eigenvalue weighted by atomic mass is 32.2. The van der Waals surface area contributed by atoms with E-state index in [1.807, 2.05) is 0 Å². The van der Waals surface area contributed by atoms with Crippen molar-refractivity contribution in [1.82, 2.24) is 5.01 Å². The molecule has 0 fully saturated rings. The maximum Gasteiger partial charge on any atom is 0.345 e. The Hall–Kier alpha value is -1.43. The van der Waals surface area contributed by atoms with Crippen molar-refractivity contribution in [2.75, 3.05) is 27.2 Å². The van der Waals surface area contributed by atoms with Gasteiger partial charge in [0.1, 0.15) is 18.0 Å². The highest BCUT2D eigenvalue weighted by Crippen LogP contribution is 2.25. The zero-order valence-corrected chi connectivity index (χ0v) is 12.3. The van der Waals surface area contributed by atoms with Gasteiger partial charge in [-0.1, -0.05) is 31.4 Å². The molecule has 0 amide bonds. The first-order valence-corrected chi connectivity index (χ1v) is 7.43. The van der Waals surface area contributed by atoms with Crippen molar-refractivity contribution >= 4 is 10.0 Å². The molecule has 4 nitrogen and oxygen atoms in total. The largest absolute Gasteiger partial charge is 0.345 e. The van der Waals surface area contributed by atoms with Crippen molar-refractivity contribution < 1.29 is 12.4 Å². The third kappa shape index (κ3) is 2.78. The number of rotatable bonds is 7. The standard InChI is InChI=1S/C14H21N2O2S/c1-5-12-16(13-6-2,15(3)4)19(17,18)14-10-8-7-9-11-14/h5-11H,1-2,12-13H2,3-4H3/q+1. The van der Waals surface area contributed by atoms with Crippen LogP contribution in [-0.2, 0) is 10.0 Å². The maximum absolute atomic E-state index is 12.9. The molecule has 0 spiro atoms. The van der Waals surface area contributed by atoms with Crippen molar-refractivity contribution in [2.45, 2.75) is 4.90 Å². The molecule has 0 N–H and O–H groups in total. The van der Waals surface area contributed by atoms with Gasteiger partial charge >= 0.3 is 10.0 Å². The molecule has 0 unspecified atom stereocenters. The van der Waals surface area contributed by atoms with Crippen molar-refractivity contribution in [1.29, 1.82) is 0 Å². The SMILES string of the molecule is C=CC[N+](CC=C)(N(C)C)S(=O)(=O)c1ccccc1. The summed E-state index contributed by atoms with van der Waals surface area (Å²) < 4.78 is 25.6. The summed E-state index contributed by atoms with van der Waals surface area (Å²) in [5.74, 6) is 0.